The van der Waals surface area contributed by atoms with E-state index in [0.29, 0.717) is 13.2 Å². The second-order valence-corrected chi connectivity index (χ2v) is 5.23. The average Bonchev–Trinajstić information content (AvgIpc) is 2.48. The van der Waals surface area contributed by atoms with Crippen LogP contribution >= 0.6 is 0 Å². The molecule has 118 valence electrons. The molecular formula is C15H19F3O3. The number of alkyl halides is 3. The first-order valence-corrected chi connectivity index (χ1v) is 6.99. The molecule has 1 aromatic carbocycles. The fraction of sp³-hybridized carbons (Fsp3) is 0.600. The van der Waals surface area contributed by atoms with Gasteiger partial charge >= 0.3 is 6.18 Å². The van der Waals surface area contributed by atoms with E-state index in [0.717, 1.165) is 25.0 Å². The van der Waals surface area contributed by atoms with Crippen molar-refractivity contribution in [3.63, 3.8) is 0 Å². The average molecular weight is 304 g/mol. The van der Waals surface area contributed by atoms with Crippen LogP contribution in [0.25, 0.3) is 0 Å². The summed E-state index contributed by atoms with van der Waals surface area (Å²) in [4.78, 5) is 0. The third kappa shape index (κ3) is 4.61. The molecule has 1 heterocycles. The Labute approximate surface area is 121 Å². The van der Waals surface area contributed by atoms with Crippen molar-refractivity contribution in [2.45, 2.75) is 19.0 Å². The molecule has 6 heteroatoms. The Kier molecular flexibility index (Phi) is 5.47. The number of aliphatic hydroxyl groups is 1. The van der Waals surface area contributed by atoms with Gasteiger partial charge in [0.2, 0.25) is 0 Å². The van der Waals surface area contributed by atoms with Crippen molar-refractivity contribution < 1.29 is 27.8 Å². The van der Waals surface area contributed by atoms with Crippen LogP contribution < -0.4 is 4.74 Å². The van der Waals surface area contributed by atoms with Crippen molar-refractivity contribution in [2.75, 3.05) is 26.4 Å². The van der Waals surface area contributed by atoms with Crippen LogP contribution in [0.2, 0.25) is 0 Å². The SMILES string of the molecule is OCC(COc1cccc(C(F)(F)F)c1)C1CCOCC1. The van der Waals surface area contributed by atoms with Gasteiger partial charge in [0.25, 0.3) is 0 Å². The van der Waals surface area contributed by atoms with Gasteiger partial charge in [-0.25, -0.2) is 0 Å². The standard InChI is InChI=1S/C15H19F3O3/c16-15(17,18)13-2-1-3-14(8-13)21-10-12(9-19)11-4-6-20-7-5-11/h1-3,8,11-12,19H,4-7,9-10H2. The van der Waals surface area contributed by atoms with E-state index in [1.165, 1.54) is 12.1 Å². The highest BCUT2D eigenvalue weighted by atomic mass is 19.4. The molecule has 0 amide bonds. The third-order valence-corrected chi connectivity index (χ3v) is 3.79. The molecule has 21 heavy (non-hydrogen) atoms. The van der Waals surface area contributed by atoms with Crippen LogP contribution in [0.15, 0.2) is 24.3 Å². The maximum absolute atomic E-state index is 12.6. The summed E-state index contributed by atoms with van der Waals surface area (Å²) in [6.07, 6.45) is -2.69. The van der Waals surface area contributed by atoms with Crippen LogP contribution in [0.4, 0.5) is 13.2 Å². The summed E-state index contributed by atoms with van der Waals surface area (Å²) in [6.45, 7) is 1.49. The predicted octanol–water partition coefficient (Wildman–Crippen LogP) is 3.12. The summed E-state index contributed by atoms with van der Waals surface area (Å²) in [5, 5.41) is 9.44. The Hall–Kier alpha value is -1.27. The van der Waals surface area contributed by atoms with Crippen molar-refractivity contribution in [3.05, 3.63) is 29.8 Å². The first-order valence-electron chi connectivity index (χ1n) is 6.99. The van der Waals surface area contributed by atoms with Gasteiger partial charge in [0.05, 0.1) is 12.2 Å². The monoisotopic (exact) mass is 304 g/mol. The van der Waals surface area contributed by atoms with Crippen molar-refractivity contribution in [1.82, 2.24) is 0 Å². The number of halogens is 3. The van der Waals surface area contributed by atoms with Crippen LogP contribution in [-0.4, -0.2) is 31.5 Å². The van der Waals surface area contributed by atoms with Gasteiger partial charge < -0.3 is 14.6 Å². The molecule has 1 fully saturated rings. The highest BCUT2D eigenvalue weighted by Crippen LogP contribution is 2.31. The molecule has 1 aliphatic rings. The second-order valence-electron chi connectivity index (χ2n) is 5.23. The summed E-state index contributed by atoms with van der Waals surface area (Å²) < 4.78 is 48.6. The normalized spacial score (nSPS) is 18.5. The zero-order valence-corrected chi connectivity index (χ0v) is 11.6. The Balaban J connectivity index is 1.94. The molecule has 2 rings (SSSR count). The summed E-state index contributed by atoms with van der Waals surface area (Å²) >= 11 is 0. The van der Waals surface area contributed by atoms with Gasteiger partial charge in [-0.1, -0.05) is 6.07 Å². The molecule has 1 atom stereocenters. The largest absolute Gasteiger partial charge is 0.493 e. The molecule has 0 radical (unpaired) electrons. The maximum Gasteiger partial charge on any atom is 0.416 e. The van der Waals surface area contributed by atoms with E-state index in [1.54, 1.807) is 0 Å². The number of benzene rings is 1. The molecule has 1 unspecified atom stereocenters. The zero-order chi connectivity index (χ0) is 15.3. The van der Waals surface area contributed by atoms with E-state index < -0.39 is 11.7 Å². The van der Waals surface area contributed by atoms with Crippen LogP contribution in [0, 0.1) is 11.8 Å². The molecule has 1 N–H and O–H groups in total. The third-order valence-electron chi connectivity index (χ3n) is 3.79. The summed E-state index contributed by atoms with van der Waals surface area (Å²) in [7, 11) is 0. The number of rotatable bonds is 5. The van der Waals surface area contributed by atoms with E-state index in [1.807, 2.05) is 0 Å². The summed E-state index contributed by atoms with van der Waals surface area (Å²) in [5.74, 6) is 0.383. The predicted molar refractivity (Wildman–Crippen MR) is 71.1 cm³/mol. The number of aliphatic hydroxyl groups excluding tert-OH is 1. The number of ether oxygens (including phenoxy) is 2. The summed E-state index contributed by atoms with van der Waals surface area (Å²) in [5.41, 5.74) is -0.730. The van der Waals surface area contributed by atoms with E-state index in [9.17, 15) is 18.3 Å². The van der Waals surface area contributed by atoms with Crippen molar-refractivity contribution >= 4 is 0 Å². The minimum absolute atomic E-state index is 0.0381. The maximum atomic E-state index is 12.6. The van der Waals surface area contributed by atoms with Gasteiger partial charge in [-0.2, -0.15) is 13.2 Å². The fourth-order valence-corrected chi connectivity index (χ4v) is 2.49. The van der Waals surface area contributed by atoms with Gasteiger partial charge in [0.15, 0.2) is 0 Å². The Morgan fingerprint density at radius 3 is 2.62 bits per heavy atom. The molecule has 1 aliphatic heterocycles. The fourth-order valence-electron chi connectivity index (χ4n) is 2.49. The topological polar surface area (TPSA) is 38.7 Å². The smallest absolute Gasteiger partial charge is 0.416 e. The molecule has 0 spiro atoms. The molecule has 1 saturated heterocycles. The lowest BCUT2D eigenvalue weighted by Crippen LogP contribution is -2.30. The Morgan fingerprint density at radius 2 is 2.00 bits per heavy atom. The molecule has 0 bridgehead atoms. The lowest BCUT2D eigenvalue weighted by atomic mass is 9.87. The van der Waals surface area contributed by atoms with Gasteiger partial charge in [-0.15, -0.1) is 0 Å². The molecular weight excluding hydrogens is 285 g/mol. The highest BCUT2D eigenvalue weighted by molar-refractivity contribution is 5.30. The zero-order valence-electron chi connectivity index (χ0n) is 11.6. The molecule has 0 saturated carbocycles. The van der Waals surface area contributed by atoms with Gasteiger partial charge in [-0.3, -0.25) is 0 Å². The molecule has 3 nitrogen and oxygen atoms in total. The minimum Gasteiger partial charge on any atom is -0.493 e. The summed E-state index contributed by atoms with van der Waals surface area (Å²) in [6, 6.07) is 4.81. The van der Waals surface area contributed by atoms with Gasteiger partial charge in [-0.05, 0) is 37.0 Å². The lowest BCUT2D eigenvalue weighted by Gasteiger charge is -2.29. The van der Waals surface area contributed by atoms with Crippen LogP contribution in [-0.2, 0) is 10.9 Å². The molecule has 0 aromatic heterocycles. The minimum atomic E-state index is -4.38. The van der Waals surface area contributed by atoms with Crippen molar-refractivity contribution in [2.24, 2.45) is 11.8 Å². The van der Waals surface area contributed by atoms with Gasteiger partial charge in [0.1, 0.15) is 5.75 Å². The van der Waals surface area contributed by atoms with Crippen LogP contribution in [0.5, 0.6) is 5.75 Å². The molecule has 0 aliphatic carbocycles. The first-order chi connectivity index (χ1) is 10.0. The van der Waals surface area contributed by atoms with E-state index in [2.05, 4.69) is 0 Å². The van der Waals surface area contributed by atoms with E-state index in [-0.39, 0.29) is 30.8 Å². The van der Waals surface area contributed by atoms with Gasteiger partial charge in [0, 0.05) is 25.7 Å². The van der Waals surface area contributed by atoms with Crippen molar-refractivity contribution in [3.8, 4) is 5.75 Å². The Morgan fingerprint density at radius 1 is 1.29 bits per heavy atom. The quantitative estimate of drug-likeness (QED) is 0.908. The second kappa shape index (κ2) is 7.13. The number of hydrogen-bond donors (Lipinski definition) is 1. The highest BCUT2D eigenvalue weighted by Gasteiger charge is 2.31. The van der Waals surface area contributed by atoms with E-state index in [4.69, 9.17) is 9.47 Å². The van der Waals surface area contributed by atoms with Crippen LogP contribution in [0.3, 0.4) is 0 Å². The Bertz CT molecular complexity index is 442. The van der Waals surface area contributed by atoms with E-state index >= 15 is 0 Å². The van der Waals surface area contributed by atoms with Crippen LogP contribution in [0.1, 0.15) is 18.4 Å². The number of hydrogen-bond acceptors (Lipinski definition) is 3. The molecule has 1 aromatic rings. The first kappa shape index (κ1) is 16.1. The lowest BCUT2D eigenvalue weighted by molar-refractivity contribution is -0.137. The van der Waals surface area contributed by atoms with Crippen molar-refractivity contribution in [1.29, 1.82) is 0 Å².